The minimum atomic E-state index is -0.327. The number of nitrogens with zero attached hydrogens (tertiary/aromatic N) is 1. The zero-order valence-corrected chi connectivity index (χ0v) is 17.4. The maximum absolute atomic E-state index is 12.4. The van der Waals surface area contributed by atoms with E-state index in [-0.39, 0.29) is 23.4 Å². The molecule has 0 saturated heterocycles. The fourth-order valence-corrected chi connectivity index (χ4v) is 4.48. The number of nitrogens with one attached hydrogen (secondary N) is 2. The average Bonchev–Trinajstić information content (AvgIpc) is 3.50. The van der Waals surface area contributed by atoms with E-state index in [9.17, 15) is 14.7 Å². The molecule has 0 unspecified atom stereocenters. The Labute approximate surface area is 183 Å². The second-order valence-electron chi connectivity index (χ2n) is 8.22. The molecule has 1 fully saturated rings. The van der Waals surface area contributed by atoms with Gasteiger partial charge in [-0.1, -0.05) is 18.9 Å². The van der Waals surface area contributed by atoms with Crippen molar-refractivity contribution in [3.8, 4) is 17.0 Å². The lowest BCUT2D eigenvalue weighted by Crippen LogP contribution is -2.09. The molecule has 0 aliphatic heterocycles. The number of aliphatic imine (C=N–C) groups is 1. The van der Waals surface area contributed by atoms with E-state index in [0.29, 0.717) is 39.1 Å². The number of fused-ring (bicyclic) bond motifs is 1. The van der Waals surface area contributed by atoms with Gasteiger partial charge >= 0.3 is 0 Å². The molecule has 0 atom stereocenters. The van der Waals surface area contributed by atoms with Crippen molar-refractivity contribution in [2.24, 2.45) is 4.99 Å². The van der Waals surface area contributed by atoms with Crippen molar-refractivity contribution >= 4 is 17.0 Å². The summed E-state index contributed by atoms with van der Waals surface area (Å²) in [5.41, 5.74) is 3.07. The van der Waals surface area contributed by atoms with E-state index in [0.717, 1.165) is 12.8 Å². The summed E-state index contributed by atoms with van der Waals surface area (Å²) in [7, 11) is 0. The van der Waals surface area contributed by atoms with Gasteiger partial charge in [0, 0.05) is 46.1 Å². The highest BCUT2D eigenvalue weighted by atomic mass is 16.3. The standard InChI is InChI=1S/C25H23N3O4/c29-23-10-18(27-13-21(23)17-7-8-32-14-17)11-26-12-22-20-9-16(15-3-1-2-4-15)5-6-19(20)24(30)28-25(22)31/h5-10,12-15H,1-4,11H2,(H,27,29)(H2,28,30,31). The van der Waals surface area contributed by atoms with Crippen LogP contribution in [0.3, 0.4) is 0 Å². The summed E-state index contributed by atoms with van der Waals surface area (Å²) in [5, 5.41) is 11.6. The van der Waals surface area contributed by atoms with Gasteiger partial charge in [0.15, 0.2) is 5.43 Å². The molecule has 1 aliphatic carbocycles. The van der Waals surface area contributed by atoms with Crippen LogP contribution in [0.4, 0.5) is 0 Å². The van der Waals surface area contributed by atoms with Crippen molar-refractivity contribution < 1.29 is 9.52 Å². The third-order valence-electron chi connectivity index (χ3n) is 6.18. The Bertz CT molecular complexity index is 1410. The van der Waals surface area contributed by atoms with Gasteiger partial charge in [-0.2, -0.15) is 0 Å². The molecule has 3 heterocycles. The van der Waals surface area contributed by atoms with Crippen LogP contribution in [-0.2, 0) is 6.54 Å². The van der Waals surface area contributed by atoms with Crippen molar-refractivity contribution in [1.29, 1.82) is 0 Å². The van der Waals surface area contributed by atoms with Crippen molar-refractivity contribution in [1.82, 2.24) is 9.97 Å². The predicted octanol–water partition coefficient (Wildman–Crippen LogP) is 4.46. The highest BCUT2D eigenvalue weighted by Crippen LogP contribution is 2.35. The van der Waals surface area contributed by atoms with Gasteiger partial charge < -0.3 is 14.5 Å². The molecule has 0 amide bonds. The SMILES string of the molecule is O=c1cc(CN=Cc2c(O)[nH]c(=O)c3ccc(C4CCCC4)cc23)[nH]cc1-c1ccoc1. The van der Waals surface area contributed by atoms with E-state index in [1.54, 1.807) is 18.5 Å². The topological polar surface area (TPSA) is 111 Å². The molecular weight excluding hydrogens is 406 g/mol. The van der Waals surface area contributed by atoms with Crippen LogP contribution in [0.25, 0.3) is 21.9 Å². The third kappa shape index (κ3) is 3.77. The zero-order valence-electron chi connectivity index (χ0n) is 17.4. The molecular formula is C25H23N3O4. The summed E-state index contributed by atoms with van der Waals surface area (Å²) < 4.78 is 5.04. The largest absolute Gasteiger partial charge is 0.494 e. The Hall–Kier alpha value is -3.87. The van der Waals surface area contributed by atoms with Gasteiger partial charge in [-0.25, -0.2) is 0 Å². The van der Waals surface area contributed by atoms with Crippen molar-refractivity contribution in [2.75, 3.05) is 0 Å². The predicted molar refractivity (Wildman–Crippen MR) is 124 cm³/mol. The lowest BCUT2D eigenvalue weighted by molar-refractivity contribution is 0.452. The van der Waals surface area contributed by atoms with Gasteiger partial charge in [-0.05, 0) is 42.5 Å². The number of aromatic amines is 2. The number of hydrogen-bond donors (Lipinski definition) is 3. The number of furan rings is 1. The lowest BCUT2D eigenvalue weighted by Gasteiger charge is -2.12. The summed E-state index contributed by atoms with van der Waals surface area (Å²) >= 11 is 0. The third-order valence-corrected chi connectivity index (χ3v) is 6.18. The Morgan fingerprint density at radius 3 is 2.72 bits per heavy atom. The first-order chi connectivity index (χ1) is 15.6. The van der Waals surface area contributed by atoms with Crippen molar-refractivity contribution in [3.63, 3.8) is 0 Å². The molecule has 0 radical (unpaired) electrons. The van der Waals surface area contributed by atoms with E-state index in [1.807, 2.05) is 18.2 Å². The molecule has 4 aromatic rings. The molecule has 1 saturated carbocycles. The van der Waals surface area contributed by atoms with Crippen LogP contribution in [0.5, 0.6) is 5.88 Å². The van der Waals surface area contributed by atoms with Crippen molar-refractivity contribution in [2.45, 2.75) is 38.1 Å². The molecule has 3 aromatic heterocycles. The lowest BCUT2D eigenvalue weighted by atomic mass is 9.94. The fraction of sp³-hybridized carbons (Fsp3) is 0.240. The molecule has 162 valence electrons. The summed E-state index contributed by atoms with van der Waals surface area (Å²) in [6.07, 6.45) is 11.0. The van der Waals surface area contributed by atoms with Crippen LogP contribution >= 0.6 is 0 Å². The second-order valence-corrected chi connectivity index (χ2v) is 8.22. The van der Waals surface area contributed by atoms with Gasteiger partial charge in [0.2, 0.25) is 5.88 Å². The normalized spacial score (nSPS) is 14.6. The molecule has 1 aromatic carbocycles. The first kappa shape index (κ1) is 20.1. The van der Waals surface area contributed by atoms with Crippen molar-refractivity contribution in [3.05, 3.63) is 86.5 Å². The summed E-state index contributed by atoms with van der Waals surface area (Å²) in [4.78, 5) is 34.7. The summed E-state index contributed by atoms with van der Waals surface area (Å²) in [6, 6.07) is 9.07. The smallest absolute Gasteiger partial charge is 0.258 e. The Morgan fingerprint density at radius 2 is 1.97 bits per heavy atom. The Balaban J connectivity index is 1.45. The van der Waals surface area contributed by atoms with Gasteiger partial charge in [-0.3, -0.25) is 19.6 Å². The summed E-state index contributed by atoms with van der Waals surface area (Å²) in [6.45, 7) is 0.225. The highest BCUT2D eigenvalue weighted by molar-refractivity contribution is 6.01. The number of hydrogen-bond acceptors (Lipinski definition) is 5. The Kier molecular flexibility index (Phi) is 5.23. The second kappa shape index (κ2) is 8.34. The Morgan fingerprint density at radius 1 is 1.12 bits per heavy atom. The quantitative estimate of drug-likeness (QED) is 0.407. The van der Waals surface area contributed by atoms with Crippen LogP contribution in [-0.4, -0.2) is 21.3 Å². The zero-order chi connectivity index (χ0) is 22.1. The molecule has 7 heteroatoms. The number of aromatic nitrogens is 2. The summed E-state index contributed by atoms with van der Waals surface area (Å²) in [5.74, 6) is 0.281. The van der Waals surface area contributed by atoms with E-state index in [4.69, 9.17) is 4.42 Å². The monoisotopic (exact) mass is 429 g/mol. The number of aromatic hydroxyl groups is 1. The van der Waals surface area contributed by atoms with Gasteiger partial charge in [0.1, 0.15) is 0 Å². The fourth-order valence-electron chi connectivity index (χ4n) is 4.48. The van der Waals surface area contributed by atoms with Gasteiger partial charge in [-0.15, -0.1) is 0 Å². The molecule has 5 rings (SSSR count). The minimum Gasteiger partial charge on any atom is -0.494 e. The molecule has 32 heavy (non-hydrogen) atoms. The first-order valence-electron chi connectivity index (χ1n) is 10.7. The average molecular weight is 429 g/mol. The minimum absolute atomic E-state index is 0.131. The van der Waals surface area contributed by atoms with Crippen LogP contribution in [0.2, 0.25) is 0 Å². The molecule has 7 nitrogen and oxygen atoms in total. The number of benzene rings is 1. The van der Waals surface area contributed by atoms with E-state index < -0.39 is 0 Å². The maximum Gasteiger partial charge on any atom is 0.258 e. The van der Waals surface area contributed by atoms with Gasteiger partial charge in [0.25, 0.3) is 5.56 Å². The molecule has 3 N–H and O–H groups in total. The van der Waals surface area contributed by atoms with E-state index in [2.05, 4.69) is 15.0 Å². The van der Waals surface area contributed by atoms with Crippen LogP contribution < -0.4 is 11.0 Å². The van der Waals surface area contributed by atoms with Gasteiger partial charge in [0.05, 0.1) is 24.6 Å². The highest BCUT2D eigenvalue weighted by Gasteiger charge is 2.19. The molecule has 0 spiro atoms. The number of rotatable bonds is 5. The number of H-pyrrole nitrogens is 2. The van der Waals surface area contributed by atoms with Crippen LogP contribution in [0.1, 0.15) is 48.4 Å². The van der Waals surface area contributed by atoms with E-state index in [1.165, 1.54) is 37.0 Å². The van der Waals surface area contributed by atoms with E-state index >= 15 is 0 Å². The molecule has 0 bridgehead atoms. The van der Waals surface area contributed by atoms with Crippen LogP contribution in [0.15, 0.2) is 68.1 Å². The number of pyridine rings is 2. The molecule has 1 aliphatic rings. The van der Waals surface area contributed by atoms with Crippen LogP contribution in [0, 0.1) is 0 Å². The first-order valence-corrected chi connectivity index (χ1v) is 10.7. The maximum atomic E-state index is 12.4.